The SMILES string of the molecule is CC(C)=C(C)CC[C@@H](C)[C@H]1CCC2(C)C3=C(CC[C@]12C)[C@@]1(C)CCC(=O)C(C)C1(O)CC3Cl. The molecule has 2 nitrogen and oxygen atoms in total. The van der Waals surface area contributed by atoms with Crippen LogP contribution in [0.1, 0.15) is 113 Å². The van der Waals surface area contributed by atoms with Crippen LogP contribution >= 0.6 is 11.6 Å². The van der Waals surface area contributed by atoms with Gasteiger partial charge in [-0.05, 0) is 100 Å². The predicted molar refractivity (Wildman–Crippen MR) is 138 cm³/mol. The van der Waals surface area contributed by atoms with Crippen molar-refractivity contribution in [3.8, 4) is 0 Å². The molecule has 4 aliphatic rings. The molecule has 3 heteroatoms. The molecule has 0 aromatic rings. The van der Waals surface area contributed by atoms with Crippen LogP contribution in [0.25, 0.3) is 0 Å². The summed E-state index contributed by atoms with van der Waals surface area (Å²) in [4.78, 5) is 12.6. The second-order valence-corrected chi connectivity index (χ2v) is 13.7. The normalized spacial score (nSPS) is 45.9. The van der Waals surface area contributed by atoms with E-state index in [1.165, 1.54) is 48.8 Å². The highest BCUT2D eigenvalue weighted by Gasteiger charge is 2.67. The smallest absolute Gasteiger partial charge is 0.138 e. The standard InChI is InChI=1S/C30H47ClO2/c1-18(2)19(3)9-10-20(4)22-11-15-29(8)26-23(12-14-27(22,29)6)28(7)16-13-25(32)21(5)30(28,33)17-24(26)31/h20-22,24,33H,9-17H2,1-8H3/t20-,21?,22-,24?,27-,28-,29?,30?/m1/s1. The van der Waals surface area contributed by atoms with Gasteiger partial charge in [0.2, 0.25) is 0 Å². The van der Waals surface area contributed by atoms with Crippen molar-refractivity contribution in [1.82, 2.24) is 0 Å². The number of rotatable bonds is 4. The first kappa shape index (κ1) is 25.5. The predicted octanol–water partition coefficient (Wildman–Crippen LogP) is 8.02. The molecule has 8 atom stereocenters. The van der Waals surface area contributed by atoms with Crippen LogP contribution in [0.3, 0.4) is 0 Å². The van der Waals surface area contributed by atoms with Gasteiger partial charge in [0.1, 0.15) is 5.78 Å². The molecule has 0 radical (unpaired) electrons. The van der Waals surface area contributed by atoms with E-state index in [-0.39, 0.29) is 33.3 Å². The van der Waals surface area contributed by atoms with E-state index in [9.17, 15) is 9.90 Å². The van der Waals surface area contributed by atoms with Crippen LogP contribution in [0, 0.1) is 34.0 Å². The van der Waals surface area contributed by atoms with Crippen LogP contribution in [0.15, 0.2) is 22.3 Å². The largest absolute Gasteiger partial charge is 0.388 e. The fourth-order valence-corrected chi connectivity index (χ4v) is 9.48. The first-order chi connectivity index (χ1) is 15.2. The highest BCUT2D eigenvalue weighted by Crippen LogP contribution is 2.72. The molecule has 4 aliphatic carbocycles. The maximum atomic E-state index is 12.6. The summed E-state index contributed by atoms with van der Waals surface area (Å²) in [7, 11) is 0. The number of carbonyl (C=O) groups is 1. The van der Waals surface area contributed by atoms with Crippen molar-refractivity contribution >= 4 is 17.4 Å². The summed E-state index contributed by atoms with van der Waals surface area (Å²) in [5.74, 6) is 1.29. The quantitative estimate of drug-likeness (QED) is 0.330. The Kier molecular flexibility index (Phi) is 6.35. The highest BCUT2D eigenvalue weighted by molar-refractivity contribution is 6.22. The van der Waals surface area contributed by atoms with E-state index in [1.807, 2.05) is 6.92 Å². The lowest BCUT2D eigenvalue weighted by molar-refractivity contribution is -0.163. The van der Waals surface area contributed by atoms with Gasteiger partial charge in [0.15, 0.2) is 0 Å². The maximum Gasteiger partial charge on any atom is 0.138 e. The molecule has 2 fully saturated rings. The summed E-state index contributed by atoms with van der Waals surface area (Å²) in [5.41, 5.74) is 4.89. The minimum absolute atomic E-state index is 0.0898. The Morgan fingerprint density at radius 1 is 1.09 bits per heavy atom. The van der Waals surface area contributed by atoms with Gasteiger partial charge in [-0.2, -0.15) is 0 Å². The molecule has 4 unspecified atom stereocenters. The van der Waals surface area contributed by atoms with Crippen LogP contribution in [0.5, 0.6) is 0 Å². The summed E-state index contributed by atoms with van der Waals surface area (Å²) in [6.45, 7) is 18.5. The number of carbonyl (C=O) groups excluding carboxylic acids is 1. The maximum absolute atomic E-state index is 12.6. The Morgan fingerprint density at radius 3 is 2.39 bits per heavy atom. The van der Waals surface area contributed by atoms with Gasteiger partial charge in [-0.3, -0.25) is 4.79 Å². The summed E-state index contributed by atoms with van der Waals surface area (Å²) < 4.78 is 0. The number of aliphatic hydroxyl groups is 1. The van der Waals surface area contributed by atoms with E-state index >= 15 is 0 Å². The molecule has 33 heavy (non-hydrogen) atoms. The van der Waals surface area contributed by atoms with Gasteiger partial charge in [-0.25, -0.2) is 0 Å². The molecule has 0 heterocycles. The number of Topliss-reactive ketones (excluding diaryl/α,β-unsaturated/α-hetero) is 1. The van der Waals surface area contributed by atoms with Crippen molar-refractivity contribution < 1.29 is 9.90 Å². The molecule has 0 amide bonds. The molecular weight excluding hydrogens is 428 g/mol. The van der Waals surface area contributed by atoms with Crippen LogP contribution in [-0.4, -0.2) is 21.9 Å². The fraction of sp³-hybridized carbons (Fsp3) is 0.833. The van der Waals surface area contributed by atoms with Gasteiger partial charge >= 0.3 is 0 Å². The number of halogens is 1. The van der Waals surface area contributed by atoms with E-state index in [1.54, 1.807) is 5.57 Å². The van der Waals surface area contributed by atoms with Crippen LogP contribution in [0.4, 0.5) is 0 Å². The molecule has 4 rings (SSSR count). The number of allylic oxidation sites excluding steroid dienone is 3. The minimum atomic E-state index is -1.01. The average molecular weight is 475 g/mol. The lowest BCUT2D eigenvalue weighted by atomic mass is 9.44. The number of hydrogen-bond donors (Lipinski definition) is 1. The molecule has 2 saturated carbocycles. The third-order valence-corrected chi connectivity index (χ3v) is 12.2. The zero-order chi connectivity index (χ0) is 24.6. The Bertz CT molecular complexity index is 897. The number of ketones is 1. The summed E-state index contributed by atoms with van der Waals surface area (Å²) >= 11 is 7.22. The van der Waals surface area contributed by atoms with E-state index in [4.69, 9.17) is 11.6 Å². The third kappa shape index (κ3) is 3.40. The molecule has 186 valence electrons. The summed E-state index contributed by atoms with van der Waals surface area (Å²) in [5, 5.41) is 11.8. The Balaban J connectivity index is 1.71. The van der Waals surface area contributed by atoms with Gasteiger partial charge in [-0.1, -0.05) is 51.3 Å². The average Bonchev–Trinajstić information content (AvgIpc) is 3.03. The van der Waals surface area contributed by atoms with E-state index in [0.29, 0.717) is 24.7 Å². The van der Waals surface area contributed by atoms with Crippen molar-refractivity contribution in [3.05, 3.63) is 22.3 Å². The van der Waals surface area contributed by atoms with Crippen LogP contribution in [-0.2, 0) is 4.79 Å². The second kappa shape index (κ2) is 8.22. The second-order valence-electron chi connectivity index (χ2n) is 13.2. The molecular formula is C30H47ClO2. The van der Waals surface area contributed by atoms with E-state index in [0.717, 1.165) is 12.8 Å². The molecule has 0 spiro atoms. The zero-order valence-corrected chi connectivity index (χ0v) is 23.2. The van der Waals surface area contributed by atoms with Gasteiger partial charge in [0.05, 0.1) is 11.0 Å². The van der Waals surface area contributed by atoms with Crippen LogP contribution in [0.2, 0.25) is 0 Å². The first-order valence-electron chi connectivity index (χ1n) is 13.5. The Hall–Kier alpha value is -0.600. The van der Waals surface area contributed by atoms with Gasteiger partial charge < -0.3 is 5.11 Å². The first-order valence-corrected chi connectivity index (χ1v) is 13.9. The minimum Gasteiger partial charge on any atom is -0.388 e. The number of fused-ring (bicyclic) bond motifs is 4. The molecule has 0 aromatic heterocycles. The monoisotopic (exact) mass is 474 g/mol. The molecule has 0 aliphatic heterocycles. The van der Waals surface area contributed by atoms with Gasteiger partial charge in [-0.15, -0.1) is 11.6 Å². The van der Waals surface area contributed by atoms with E-state index < -0.39 is 5.60 Å². The lowest BCUT2D eigenvalue weighted by Gasteiger charge is -2.63. The lowest BCUT2D eigenvalue weighted by Crippen LogP contribution is -2.63. The molecule has 0 bridgehead atoms. The summed E-state index contributed by atoms with van der Waals surface area (Å²) in [6.07, 6.45) is 9.02. The Morgan fingerprint density at radius 2 is 1.76 bits per heavy atom. The zero-order valence-electron chi connectivity index (χ0n) is 22.4. The Labute approximate surface area is 207 Å². The van der Waals surface area contributed by atoms with Crippen molar-refractivity contribution in [1.29, 1.82) is 0 Å². The van der Waals surface area contributed by atoms with Crippen molar-refractivity contribution in [2.24, 2.45) is 34.0 Å². The van der Waals surface area contributed by atoms with Crippen molar-refractivity contribution in [2.75, 3.05) is 0 Å². The number of alkyl halides is 1. The third-order valence-electron chi connectivity index (χ3n) is 11.9. The highest BCUT2D eigenvalue weighted by atomic mass is 35.5. The van der Waals surface area contributed by atoms with Crippen molar-refractivity contribution in [3.63, 3.8) is 0 Å². The van der Waals surface area contributed by atoms with Crippen LogP contribution < -0.4 is 0 Å². The molecule has 1 N–H and O–H groups in total. The summed E-state index contributed by atoms with van der Waals surface area (Å²) in [6, 6.07) is 0. The molecule has 0 aromatic carbocycles. The molecule has 0 saturated heterocycles. The van der Waals surface area contributed by atoms with Crippen molar-refractivity contribution in [2.45, 2.75) is 124 Å². The topological polar surface area (TPSA) is 37.3 Å². The van der Waals surface area contributed by atoms with E-state index in [2.05, 4.69) is 48.5 Å². The fourth-order valence-electron chi connectivity index (χ4n) is 8.87. The number of hydrogen-bond acceptors (Lipinski definition) is 2. The van der Waals surface area contributed by atoms with Gasteiger partial charge in [0, 0.05) is 17.8 Å². The van der Waals surface area contributed by atoms with Gasteiger partial charge in [0.25, 0.3) is 0 Å².